The number of aromatic nitrogens is 1. The zero-order valence-corrected chi connectivity index (χ0v) is 22.2. The van der Waals surface area contributed by atoms with Crippen molar-refractivity contribution in [2.24, 2.45) is 0 Å². The lowest BCUT2D eigenvalue weighted by molar-refractivity contribution is -0.137. The molecule has 2 N–H and O–H groups in total. The van der Waals surface area contributed by atoms with Gasteiger partial charge in [0.2, 0.25) is 0 Å². The number of benzene rings is 2. The van der Waals surface area contributed by atoms with Gasteiger partial charge >= 0.3 is 5.97 Å². The molecule has 8 heteroatoms. The summed E-state index contributed by atoms with van der Waals surface area (Å²) >= 11 is 9.94. The first-order chi connectivity index (χ1) is 16.8. The summed E-state index contributed by atoms with van der Waals surface area (Å²) in [6.45, 7) is 5.35. The molecular weight excluding hydrogens is 530 g/mol. The molecular formula is C27H29BrClN3O3. The Balaban J connectivity index is 1.69. The van der Waals surface area contributed by atoms with Gasteiger partial charge in [0.15, 0.2) is 0 Å². The lowest BCUT2D eigenvalue weighted by Crippen LogP contribution is -2.32. The minimum atomic E-state index is -0.876. The molecule has 1 aliphatic heterocycles. The number of hydrogen-bond acceptors (Lipinski definition) is 4. The molecule has 2 aromatic carbocycles. The predicted octanol–water partition coefficient (Wildman–Crippen LogP) is 6.33. The molecule has 4 rings (SSSR count). The number of anilines is 1. The van der Waals surface area contributed by atoms with Gasteiger partial charge in [-0.1, -0.05) is 45.7 Å². The normalized spacial score (nSPS) is 16.5. The van der Waals surface area contributed by atoms with E-state index in [0.717, 1.165) is 51.7 Å². The first kappa shape index (κ1) is 25.5. The molecule has 2 atom stereocenters. The highest BCUT2D eigenvalue weighted by atomic mass is 79.9. The average Bonchev–Trinajstić information content (AvgIpc) is 3.24. The molecule has 1 aliphatic rings. The summed E-state index contributed by atoms with van der Waals surface area (Å²) in [4.78, 5) is 32.2. The highest BCUT2D eigenvalue weighted by Crippen LogP contribution is 2.34. The number of hydrogen-bond donors (Lipinski definition) is 2. The third-order valence-electron chi connectivity index (χ3n) is 6.78. The Morgan fingerprint density at radius 3 is 2.74 bits per heavy atom. The molecule has 1 aromatic heterocycles. The third-order valence-corrected chi connectivity index (χ3v) is 7.61. The van der Waals surface area contributed by atoms with E-state index in [2.05, 4.69) is 33.1 Å². The number of halogens is 2. The van der Waals surface area contributed by atoms with Gasteiger partial charge in [0.25, 0.3) is 5.91 Å². The summed E-state index contributed by atoms with van der Waals surface area (Å²) in [6.07, 6.45) is 2.57. The van der Waals surface area contributed by atoms with Gasteiger partial charge in [-0.3, -0.25) is 9.59 Å². The average molecular weight is 559 g/mol. The summed E-state index contributed by atoms with van der Waals surface area (Å²) in [7, 11) is 0. The number of carbonyl (C=O) groups excluding carboxylic acids is 1. The molecule has 1 amide bonds. The first-order valence-corrected chi connectivity index (χ1v) is 13.0. The maximum absolute atomic E-state index is 13.7. The van der Waals surface area contributed by atoms with Gasteiger partial charge < -0.3 is 15.3 Å². The van der Waals surface area contributed by atoms with Gasteiger partial charge in [0.05, 0.1) is 11.1 Å². The Morgan fingerprint density at radius 2 is 2.06 bits per heavy atom. The zero-order chi connectivity index (χ0) is 25.1. The SMILES string of the molecule is Cc1c(N2CCC[C@H]2C)nc2ccc(Br)cc2c1C(=O)NCC(CCC(=O)O)c1ccccc1Cl. The van der Waals surface area contributed by atoms with Crippen LogP contribution in [0.15, 0.2) is 46.9 Å². The smallest absolute Gasteiger partial charge is 0.303 e. The summed E-state index contributed by atoms with van der Waals surface area (Å²) < 4.78 is 0.873. The van der Waals surface area contributed by atoms with E-state index in [4.69, 9.17) is 16.6 Å². The van der Waals surface area contributed by atoms with Crippen LogP contribution >= 0.6 is 27.5 Å². The summed E-state index contributed by atoms with van der Waals surface area (Å²) in [5.74, 6) is -0.447. The van der Waals surface area contributed by atoms with Crippen LogP contribution < -0.4 is 10.2 Å². The largest absolute Gasteiger partial charge is 0.481 e. The minimum absolute atomic E-state index is 0.00702. The highest BCUT2D eigenvalue weighted by Gasteiger charge is 2.27. The fraction of sp³-hybridized carbons (Fsp3) is 0.370. The molecule has 0 radical (unpaired) electrons. The van der Waals surface area contributed by atoms with Crippen LogP contribution in [0.4, 0.5) is 5.82 Å². The topological polar surface area (TPSA) is 82.5 Å². The fourth-order valence-electron chi connectivity index (χ4n) is 4.91. The number of carbonyl (C=O) groups is 2. The van der Waals surface area contributed by atoms with E-state index in [1.807, 2.05) is 43.3 Å². The zero-order valence-electron chi connectivity index (χ0n) is 19.9. The lowest BCUT2D eigenvalue weighted by Gasteiger charge is -2.26. The number of nitrogens with one attached hydrogen (secondary N) is 1. The Bertz CT molecular complexity index is 1270. The van der Waals surface area contributed by atoms with Crippen LogP contribution in [0.2, 0.25) is 5.02 Å². The van der Waals surface area contributed by atoms with E-state index in [1.54, 1.807) is 6.07 Å². The van der Waals surface area contributed by atoms with Crippen molar-refractivity contribution in [2.75, 3.05) is 18.0 Å². The summed E-state index contributed by atoms with van der Waals surface area (Å²) in [5.41, 5.74) is 3.05. The number of pyridine rings is 1. The van der Waals surface area contributed by atoms with E-state index in [-0.39, 0.29) is 24.8 Å². The van der Waals surface area contributed by atoms with Gasteiger partial charge in [-0.2, -0.15) is 0 Å². The number of aliphatic carboxylic acids is 1. The fourth-order valence-corrected chi connectivity index (χ4v) is 5.56. The van der Waals surface area contributed by atoms with E-state index in [9.17, 15) is 14.7 Å². The Labute approximate surface area is 218 Å². The molecule has 0 bridgehead atoms. The number of amides is 1. The maximum Gasteiger partial charge on any atom is 0.303 e. The van der Waals surface area contributed by atoms with Crippen molar-refractivity contribution in [1.29, 1.82) is 0 Å². The van der Waals surface area contributed by atoms with Crippen LogP contribution in [0, 0.1) is 6.92 Å². The quantitative estimate of drug-likeness (QED) is 0.338. The van der Waals surface area contributed by atoms with Crippen LogP contribution in [0.1, 0.15) is 60.0 Å². The van der Waals surface area contributed by atoms with Crippen LogP contribution in [0.5, 0.6) is 0 Å². The van der Waals surface area contributed by atoms with Crippen molar-refractivity contribution < 1.29 is 14.7 Å². The van der Waals surface area contributed by atoms with E-state index < -0.39 is 5.97 Å². The molecule has 6 nitrogen and oxygen atoms in total. The van der Waals surface area contributed by atoms with Crippen molar-refractivity contribution in [3.63, 3.8) is 0 Å². The summed E-state index contributed by atoms with van der Waals surface area (Å²) in [5, 5.41) is 13.7. The van der Waals surface area contributed by atoms with Crippen molar-refractivity contribution in [3.05, 3.63) is 68.7 Å². The molecule has 0 spiro atoms. The number of fused-ring (bicyclic) bond motifs is 1. The summed E-state index contributed by atoms with van der Waals surface area (Å²) in [6, 6.07) is 13.5. The van der Waals surface area contributed by atoms with Crippen LogP contribution in [0.3, 0.4) is 0 Å². The van der Waals surface area contributed by atoms with E-state index >= 15 is 0 Å². The monoisotopic (exact) mass is 557 g/mol. The standard InChI is InChI=1S/C27H29BrClN3O3/c1-16-6-5-13-32(16)26-17(2)25(21-14-19(28)10-11-23(21)31-26)27(35)30-15-18(9-12-24(33)34)20-7-3-4-8-22(20)29/h3-4,7-8,10-11,14,16,18H,5-6,9,12-13,15H2,1-2H3,(H,30,35)(H,33,34)/t16-,18?/m1/s1. The second-order valence-electron chi connectivity index (χ2n) is 9.14. The van der Waals surface area contributed by atoms with Crippen LogP contribution in [-0.4, -0.2) is 41.1 Å². The minimum Gasteiger partial charge on any atom is -0.481 e. The van der Waals surface area contributed by atoms with Crippen LogP contribution in [-0.2, 0) is 4.79 Å². The second kappa shape index (κ2) is 11.0. The Morgan fingerprint density at radius 1 is 1.29 bits per heavy atom. The van der Waals surface area contributed by atoms with Crippen molar-refractivity contribution in [1.82, 2.24) is 10.3 Å². The molecule has 2 heterocycles. The molecule has 35 heavy (non-hydrogen) atoms. The molecule has 1 unspecified atom stereocenters. The molecule has 3 aromatic rings. The van der Waals surface area contributed by atoms with Gasteiger partial charge in [0, 0.05) is 51.9 Å². The number of carboxylic acids is 1. The Kier molecular flexibility index (Phi) is 7.97. The third kappa shape index (κ3) is 5.62. The van der Waals surface area contributed by atoms with Gasteiger partial charge in [-0.25, -0.2) is 4.98 Å². The van der Waals surface area contributed by atoms with Gasteiger partial charge in [-0.05, 0) is 62.9 Å². The second-order valence-corrected chi connectivity index (χ2v) is 10.5. The molecule has 184 valence electrons. The highest BCUT2D eigenvalue weighted by molar-refractivity contribution is 9.10. The first-order valence-electron chi connectivity index (χ1n) is 11.9. The van der Waals surface area contributed by atoms with Crippen LogP contribution in [0.25, 0.3) is 10.9 Å². The number of carboxylic acid groups (broad SMARTS) is 1. The molecule has 0 aliphatic carbocycles. The van der Waals surface area contributed by atoms with Crippen molar-refractivity contribution >= 4 is 56.1 Å². The van der Waals surface area contributed by atoms with Gasteiger partial charge in [0.1, 0.15) is 5.82 Å². The lowest BCUT2D eigenvalue weighted by atomic mass is 9.93. The molecule has 1 saturated heterocycles. The predicted molar refractivity (Wildman–Crippen MR) is 144 cm³/mol. The van der Waals surface area contributed by atoms with E-state index in [1.165, 1.54) is 0 Å². The van der Waals surface area contributed by atoms with Gasteiger partial charge in [-0.15, -0.1) is 0 Å². The molecule has 1 fully saturated rings. The number of rotatable bonds is 8. The number of nitrogens with zero attached hydrogens (tertiary/aromatic N) is 2. The van der Waals surface area contributed by atoms with Crippen molar-refractivity contribution in [3.8, 4) is 0 Å². The van der Waals surface area contributed by atoms with Crippen molar-refractivity contribution in [2.45, 2.75) is 51.5 Å². The molecule has 0 saturated carbocycles. The Hall–Kier alpha value is -2.64. The maximum atomic E-state index is 13.7. The van der Waals surface area contributed by atoms with E-state index in [0.29, 0.717) is 23.0 Å².